The molecule has 14 heteroatoms. The van der Waals surface area contributed by atoms with Crippen LogP contribution in [0.5, 0.6) is 0 Å². The van der Waals surface area contributed by atoms with Crippen LogP contribution in [0.4, 0.5) is 24.5 Å². The Balaban J connectivity index is 1.86. The lowest BCUT2D eigenvalue weighted by Crippen LogP contribution is -2.49. The van der Waals surface area contributed by atoms with Crippen molar-refractivity contribution in [2.24, 2.45) is 0 Å². The Bertz CT molecular complexity index is 1150. The maximum absolute atomic E-state index is 13.3. The normalized spacial score (nSPS) is 15.4. The number of benzene rings is 2. The van der Waals surface area contributed by atoms with E-state index in [4.69, 9.17) is 5.21 Å². The standard InChI is InChI=1S/C18H17F3N4O6S/c19-18(20,21)14-3-1-2-4-16(14)32(30,31)24-9-7-23(8-10-24)15-6-5-12(25(28)29)11-13(15)17(26)22-27/h1-6,11,27H,7-10H2,(H,22,26). The summed E-state index contributed by atoms with van der Waals surface area (Å²) in [5, 5.41) is 19.9. The maximum atomic E-state index is 13.3. The number of alkyl halides is 3. The number of halogens is 3. The second-order valence-electron chi connectivity index (χ2n) is 6.78. The zero-order chi connectivity index (χ0) is 23.7. The number of amides is 1. The first-order valence-electron chi connectivity index (χ1n) is 9.11. The fourth-order valence-electron chi connectivity index (χ4n) is 3.39. The molecule has 1 amide bonds. The van der Waals surface area contributed by atoms with E-state index in [2.05, 4.69) is 0 Å². The Morgan fingerprint density at radius 3 is 2.28 bits per heavy atom. The summed E-state index contributed by atoms with van der Waals surface area (Å²) in [5.74, 6) is -1.00. The number of rotatable bonds is 5. The van der Waals surface area contributed by atoms with E-state index in [0.29, 0.717) is 6.07 Å². The monoisotopic (exact) mass is 474 g/mol. The predicted molar refractivity (Wildman–Crippen MR) is 105 cm³/mol. The summed E-state index contributed by atoms with van der Waals surface area (Å²) in [6.45, 7) is -0.384. The number of nitro benzene ring substituents is 1. The highest BCUT2D eigenvalue weighted by molar-refractivity contribution is 7.89. The molecule has 0 unspecified atom stereocenters. The van der Waals surface area contributed by atoms with Crippen LogP contribution in [0.3, 0.4) is 0 Å². The zero-order valence-corrected chi connectivity index (χ0v) is 17.1. The summed E-state index contributed by atoms with van der Waals surface area (Å²) < 4.78 is 66.5. The van der Waals surface area contributed by atoms with Gasteiger partial charge in [-0.2, -0.15) is 17.5 Å². The number of sulfonamides is 1. The number of carbonyl (C=O) groups excluding carboxylic acids is 1. The molecule has 172 valence electrons. The first-order chi connectivity index (χ1) is 15.0. The van der Waals surface area contributed by atoms with Crippen LogP contribution in [0.1, 0.15) is 15.9 Å². The molecule has 1 aliphatic heterocycles. The van der Waals surface area contributed by atoms with Crippen LogP contribution >= 0.6 is 0 Å². The summed E-state index contributed by atoms with van der Waals surface area (Å²) in [6.07, 6.45) is -4.85. The molecule has 0 atom stereocenters. The van der Waals surface area contributed by atoms with Crippen LogP contribution in [0.25, 0.3) is 0 Å². The van der Waals surface area contributed by atoms with Crippen molar-refractivity contribution < 1.29 is 36.5 Å². The molecule has 1 aliphatic rings. The van der Waals surface area contributed by atoms with Gasteiger partial charge in [-0.3, -0.25) is 20.1 Å². The highest BCUT2D eigenvalue weighted by atomic mass is 32.2. The number of nitro groups is 1. The smallest absolute Gasteiger partial charge is 0.368 e. The van der Waals surface area contributed by atoms with Crippen molar-refractivity contribution in [3.05, 3.63) is 63.7 Å². The van der Waals surface area contributed by atoms with Crippen LogP contribution in [0.2, 0.25) is 0 Å². The van der Waals surface area contributed by atoms with E-state index >= 15 is 0 Å². The van der Waals surface area contributed by atoms with E-state index in [1.165, 1.54) is 17.6 Å². The number of hydrogen-bond donors (Lipinski definition) is 2. The molecular weight excluding hydrogens is 457 g/mol. The lowest BCUT2D eigenvalue weighted by atomic mass is 10.1. The van der Waals surface area contributed by atoms with Gasteiger partial charge in [0.25, 0.3) is 11.6 Å². The van der Waals surface area contributed by atoms with Gasteiger partial charge < -0.3 is 4.90 Å². The number of piperazine rings is 1. The van der Waals surface area contributed by atoms with Crippen molar-refractivity contribution in [3.63, 3.8) is 0 Å². The number of nitrogens with one attached hydrogen (secondary N) is 1. The van der Waals surface area contributed by atoms with Gasteiger partial charge in [-0.05, 0) is 18.2 Å². The summed E-state index contributed by atoms with van der Waals surface area (Å²) in [6, 6.07) is 7.28. The fourth-order valence-corrected chi connectivity index (χ4v) is 5.02. The number of carbonyl (C=O) groups is 1. The van der Waals surface area contributed by atoms with Crippen molar-refractivity contribution in [3.8, 4) is 0 Å². The minimum Gasteiger partial charge on any atom is -0.368 e. The van der Waals surface area contributed by atoms with Gasteiger partial charge in [-0.15, -0.1) is 0 Å². The van der Waals surface area contributed by atoms with Crippen molar-refractivity contribution in [2.75, 3.05) is 31.1 Å². The first-order valence-corrected chi connectivity index (χ1v) is 10.5. The molecule has 1 saturated heterocycles. The van der Waals surface area contributed by atoms with Crippen LogP contribution in [-0.4, -0.2) is 54.9 Å². The van der Waals surface area contributed by atoms with Crippen molar-refractivity contribution in [1.82, 2.24) is 9.79 Å². The fraction of sp³-hybridized carbons (Fsp3) is 0.278. The number of anilines is 1. The van der Waals surface area contributed by atoms with E-state index in [1.54, 1.807) is 4.90 Å². The van der Waals surface area contributed by atoms with Gasteiger partial charge in [0, 0.05) is 38.3 Å². The van der Waals surface area contributed by atoms with Crippen LogP contribution in [0, 0.1) is 10.1 Å². The predicted octanol–water partition coefficient (Wildman–Crippen LogP) is 2.24. The van der Waals surface area contributed by atoms with Gasteiger partial charge in [0.15, 0.2) is 0 Å². The van der Waals surface area contributed by atoms with Gasteiger partial charge in [0.2, 0.25) is 10.0 Å². The largest absolute Gasteiger partial charge is 0.417 e. The molecule has 0 bridgehead atoms. The second kappa shape index (κ2) is 8.72. The topological polar surface area (TPSA) is 133 Å². The van der Waals surface area contributed by atoms with Gasteiger partial charge in [-0.25, -0.2) is 13.9 Å². The molecule has 32 heavy (non-hydrogen) atoms. The third kappa shape index (κ3) is 4.51. The molecule has 2 aromatic rings. The number of nitrogens with zero attached hydrogens (tertiary/aromatic N) is 3. The van der Waals surface area contributed by atoms with Crippen molar-refractivity contribution >= 4 is 27.3 Å². The Morgan fingerprint density at radius 2 is 1.72 bits per heavy atom. The van der Waals surface area contributed by atoms with Crippen LogP contribution in [0.15, 0.2) is 47.4 Å². The molecule has 0 aliphatic carbocycles. The molecule has 0 saturated carbocycles. The van der Waals surface area contributed by atoms with Gasteiger partial charge in [-0.1, -0.05) is 12.1 Å². The van der Waals surface area contributed by atoms with Gasteiger partial charge in [0.1, 0.15) is 0 Å². The molecule has 1 fully saturated rings. The quantitative estimate of drug-likeness (QED) is 0.386. The third-order valence-corrected chi connectivity index (χ3v) is 6.88. The van der Waals surface area contributed by atoms with E-state index in [0.717, 1.165) is 28.6 Å². The molecule has 10 nitrogen and oxygen atoms in total. The number of non-ortho nitro benzene ring substituents is 1. The van der Waals surface area contributed by atoms with Crippen LogP contribution < -0.4 is 10.4 Å². The van der Waals surface area contributed by atoms with Gasteiger partial charge in [0.05, 0.1) is 26.6 Å². The molecule has 3 rings (SSSR count). The molecule has 0 radical (unpaired) electrons. The lowest BCUT2D eigenvalue weighted by Gasteiger charge is -2.36. The third-order valence-electron chi connectivity index (χ3n) is 4.93. The Kier molecular flexibility index (Phi) is 6.39. The average molecular weight is 474 g/mol. The lowest BCUT2D eigenvalue weighted by molar-refractivity contribution is -0.384. The number of hydrogen-bond acceptors (Lipinski definition) is 7. The average Bonchev–Trinajstić information content (AvgIpc) is 2.77. The minimum atomic E-state index is -4.85. The van der Waals surface area contributed by atoms with E-state index in [9.17, 15) is 36.5 Å². The maximum Gasteiger partial charge on any atom is 0.417 e. The Hall–Kier alpha value is -3.23. The summed E-state index contributed by atoms with van der Waals surface area (Å²) in [7, 11) is -4.45. The summed E-state index contributed by atoms with van der Waals surface area (Å²) in [4.78, 5) is 22.9. The van der Waals surface area contributed by atoms with Crippen LogP contribution in [-0.2, 0) is 16.2 Å². The molecule has 0 spiro atoms. The Labute approximate surface area is 180 Å². The highest BCUT2D eigenvalue weighted by Crippen LogP contribution is 2.35. The van der Waals surface area contributed by atoms with Crippen molar-refractivity contribution in [1.29, 1.82) is 0 Å². The Morgan fingerprint density at radius 1 is 1.09 bits per heavy atom. The van der Waals surface area contributed by atoms with Crippen molar-refractivity contribution in [2.45, 2.75) is 11.1 Å². The van der Waals surface area contributed by atoms with E-state index in [1.807, 2.05) is 0 Å². The van der Waals surface area contributed by atoms with E-state index in [-0.39, 0.29) is 37.4 Å². The molecule has 2 aromatic carbocycles. The molecular formula is C18H17F3N4O6S. The SMILES string of the molecule is O=C(NO)c1cc([N+](=O)[O-])ccc1N1CCN(S(=O)(=O)c2ccccc2C(F)(F)F)CC1. The molecule has 2 N–H and O–H groups in total. The first kappa shape index (κ1) is 23.4. The van der Waals surface area contributed by atoms with Gasteiger partial charge >= 0.3 is 6.18 Å². The zero-order valence-electron chi connectivity index (χ0n) is 16.2. The second-order valence-corrected chi connectivity index (χ2v) is 8.69. The summed E-state index contributed by atoms with van der Waals surface area (Å²) >= 11 is 0. The molecule has 0 aromatic heterocycles. The number of hydroxylamine groups is 1. The molecule has 1 heterocycles. The summed E-state index contributed by atoms with van der Waals surface area (Å²) in [5.41, 5.74) is -0.259. The highest BCUT2D eigenvalue weighted by Gasteiger charge is 2.39. The minimum absolute atomic E-state index is 0.00304. The van der Waals surface area contributed by atoms with E-state index < -0.39 is 43.2 Å².